The number of hydrogen-bond acceptors (Lipinski definition) is 4. The summed E-state index contributed by atoms with van der Waals surface area (Å²) in [5, 5.41) is 14.4. The van der Waals surface area contributed by atoms with E-state index in [-0.39, 0.29) is 6.61 Å². The molecule has 0 aliphatic rings. The highest BCUT2D eigenvalue weighted by Crippen LogP contribution is 2.22. The van der Waals surface area contributed by atoms with Crippen molar-refractivity contribution in [3.8, 4) is 0 Å². The van der Waals surface area contributed by atoms with Gasteiger partial charge in [-0.1, -0.05) is 17.7 Å². The highest BCUT2D eigenvalue weighted by molar-refractivity contribution is 7.98. The molecule has 1 unspecified atom stereocenters. The molecule has 2 rings (SSSR count). The first-order chi connectivity index (χ1) is 9.74. The Morgan fingerprint density at radius 3 is 3.05 bits per heavy atom. The van der Waals surface area contributed by atoms with Gasteiger partial charge in [0.2, 0.25) is 0 Å². The van der Waals surface area contributed by atoms with E-state index in [0.717, 1.165) is 33.7 Å². The minimum Gasteiger partial charge on any atom is -0.396 e. The van der Waals surface area contributed by atoms with Crippen molar-refractivity contribution in [2.24, 2.45) is 0 Å². The van der Waals surface area contributed by atoms with E-state index in [4.69, 9.17) is 16.7 Å². The van der Waals surface area contributed by atoms with Gasteiger partial charge in [-0.25, -0.2) is 0 Å². The number of halogens is 1. The zero-order chi connectivity index (χ0) is 14.4. The van der Waals surface area contributed by atoms with Crippen LogP contribution in [0.15, 0.2) is 30.5 Å². The summed E-state index contributed by atoms with van der Waals surface area (Å²) in [4.78, 5) is 4.44. The molecular formula is C15H19ClN2OS. The molecule has 0 amide bonds. The van der Waals surface area contributed by atoms with Crippen LogP contribution in [-0.4, -0.2) is 34.7 Å². The molecule has 0 saturated heterocycles. The molecule has 0 saturated carbocycles. The Balaban J connectivity index is 2.16. The highest BCUT2D eigenvalue weighted by atomic mass is 35.5. The van der Waals surface area contributed by atoms with E-state index in [0.29, 0.717) is 12.6 Å². The van der Waals surface area contributed by atoms with Crippen LogP contribution in [0.5, 0.6) is 0 Å². The smallest absolute Gasteiger partial charge is 0.0747 e. The van der Waals surface area contributed by atoms with Gasteiger partial charge < -0.3 is 10.4 Å². The molecule has 0 aliphatic carbocycles. The van der Waals surface area contributed by atoms with Crippen LogP contribution in [0.2, 0.25) is 5.02 Å². The van der Waals surface area contributed by atoms with Crippen molar-refractivity contribution < 1.29 is 5.11 Å². The minimum atomic E-state index is 0.201. The lowest BCUT2D eigenvalue weighted by molar-refractivity contribution is 0.270. The molecule has 5 heteroatoms. The van der Waals surface area contributed by atoms with Gasteiger partial charge >= 0.3 is 0 Å². The van der Waals surface area contributed by atoms with Crippen LogP contribution in [0.3, 0.4) is 0 Å². The van der Waals surface area contributed by atoms with E-state index in [1.54, 1.807) is 18.0 Å². The van der Waals surface area contributed by atoms with Gasteiger partial charge in [0.1, 0.15) is 0 Å². The van der Waals surface area contributed by atoms with Gasteiger partial charge in [-0.3, -0.25) is 4.98 Å². The van der Waals surface area contributed by atoms with E-state index in [9.17, 15) is 0 Å². The van der Waals surface area contributed by atoms with Gasteiger partial charge in [0.05, 0.1) is 5.52 Å². The lowest BCUT2D eigenvalue weighted by Gasteiger charge is -2.17. The molecule has 0 radical (unpaired) electrons. The third-order valence-corrected chi connectivity index (χ3v) is 4.13. The summed E-state index contributed by atoms with van der Waals surface area (Å²) in [5.74, 6) is 0.979. The quantitative estimate of drug-likeness (QED) is 0.825. The van der Waals surface area contributed by atoms with Crippen molar-refractivity contribution in [2.45, 2.75) is 19.0 Å². The lowest BCUT2D eigenvalue weighted by atomic mass is 10.1. The van der Waals surface area contributed by atoms with Gasteiger partial charge in [0.15, 0.2) is 0 Å². The summed E-state index contributed by atoms with van der Waals surface area (Å²) in [6.07, 6.45) is 4.63. The van der Waals surface area contributed by atoms with E-state index >= 15 is 0 Å². The number of benzene rings is 1. The SMILES string of the molecule is CSCC(CCO)NCc1cc(Cl)cc2cccnc12. The maximum atomic E-state index is 9.09. The van der Waals surface area contributed by atoms with Crippen LogP contribution in [0.25, 0.3) is 10.9 Å². The lowest BCUT2D eigenvalue weighted by Crippen LogP contribution is -2.31. The number of aliphatic hydroxyl groups is 1. The summed E-state index contributed by atoms with van der Waals surface area (Å²) in [6, 6.07) is 8.12. The maximum absolute atomic E-state index is 9.09. The number of hydrogen-bond donors (Lipinski definition) is 2. The fourth-order valence-electron chi connectivity index (χ4n) is 2.22. The van der Waals surface area contributed by atoms with Crippen LogP contribution in [-0.2, 0) is 6.54 Å². The predicted molar refractivity (Wildman–Crippen MR) is 87.5 cm³/mol. The molecule has 0 aliphatic heterocycles. The number of aliphatic hydroxyl groups excluding tert-OH is 1. The summed E-state index contributed by atoms with van der Waals surface area (Å²) in [7, 11) is 0. The minimum absolute atomic E-state index is 0.201. The number of pyridine rings is 1. The van der Waals surface area contributed by atoms with Gasteiger partial charge in [-0.15, -0.1) is 0 Å². The first-order valence-electron chi connectivity index (χ1n) is 6.61. The monoisotopic (exact) mass is 310 g/mol. The largest absolute Gasteiger partial charge is 0.396 e. The zero-order valence-corrected chi connectivity index (χ0v) is 13.0. The third-order valence-electron chi connectivity index (χ3n) is 3.18. The molecule has 0 bridgehead atoms. The molecule has 3 nitrogen and oxygen atoms in total. The molecule has 1 aromatic carbocycles. The Morgan fingerprint density at radius 2 is 2.30 bits per heavy atom. The first-order valence-corrected chi connectivity index (χ1v) is 8.38. The van der Waals surface area contributed by atoms with Gasteiger partial charge in [0, 0.05) is 41.6 Å². The normalized spacial score (nSPS) is 12.8. The number of rotatable bonds is 7. The fraction of sp³-hybridized carbons (Fsp3) is 0.400. The van der Waals surface area contributed by atoms with E-state index in [1.165, 1.54) is 0 Å². The number of nitrogens with one attached hydrogen (secondary N) is 1. The average molecular weight is 311 g/mol. The van der Waals surface area contributed by atoms with Crippen molar-refractivity contribution in [3.63, 3.8) is 0 Å². The van der Waals surface area contributed by atoms with Crippen molar-refractivity contribution in [1.29, 1.82) is 0 Å². The summed E-state index contributed by atoms with van der Waals surface area (Å²) in [5.41, 5.74) is 2.08. The van der Waals surface area contributed by atoms with Crippen LogP contribution in [0.1, 0.15) is 12.0 Å². The van der Waals surface area contributed by atoms with E-state index < -0.39 is 0 Å². The topological polar surface area (TPSA) is 45.1 Å². The van der Waals surface area contributed by atoms with Crippen LogP contribution < -0.4 is 5.32 Å². The molecular weight excluding hydrogens is 292 g/mol. The van der Waals surface area contributed by atoms with Crippen LogP contribution >= 0.6 is 23.4 Å². The molecule has 1 atom stereocenters. The van der Waals surface area contributed by atoms with Gasteiger partial charge in [-0.2, -0.15) is 11.8 Å². The molecule has 1 aromatic heterocycles. The average Bonchev–Trinajstić information content (AvgIpc) is 2.44. The summed E-state index contributed by atoms with van der Waals surface area (Å²) < 4.78 is 0. The zero-order valence-electron chi connectivity index (χ0n) is 11.5. The van der Waals surface area contributed by atoms with Crippen molar-refractivity contribution >= 4 is 34.3 Å². The molecule has 2 N–H and O–H groups in total. The van der Waals surface area contributed by atoms with Crippen LogP contribution in [0, 0.1) is 0 Å². The number of thioether (sulfide) groups is 1. The number of nitrogens with zero attached hydrogens (tertiary/aromatic N) is 1. The Kier molecular flexibility index (Phi) is 6.10. The second kappa shape index (κ2) is 7.84. The standard InChI is InChI=1S/C15H19ClN2OS/c1-20-10-14(4-6-19)18-9-12-8-13(16)7-11-3-2-5-17-15(11)12/h2-3,5,7-8,14,18-19H,4,6,9-10H2,1H3. The molecule has 20 heavy (non-hydrogen) atoms. The third kappa shape index (κ3) is 4.09. The Labute approximate surface area is 128 Å². The van der Waals surface area contributed by atoms with Crippen molar-refractivity contribution in [3.05, 3.63) is 41.0 Å². The fourth-order valence-corrected chi connectivity index (χ4v) is 3.15. The van der Waals surface area contributed by atoms with Crippen molar-refractivity contribution in [1.82, 2.24) is 10.3 Å². The van der Waals surface area contributed by atoms with Gasteiger partial charge in [0.25, 0.3) is 0 Å². The Bertz CT molecular complexity index is 559. The van der Waals surface area contributed by atoms with Gasteiger partial charge in [-0.05, 0) is 36.4 Å². The number of aromatic nitrogens is 1. The Morgan fingerprint density at radius 1 is 1.45 bits per heavy atom. The molecule has 1 heterocycles. The maximum Gasteiger partial charge on any atom is 0.0747 e. The van der Waals surface area contributed by atoms with Crippen molar-refractivity contribution in [2.75, 3.05) is 18.6 Å². The summed E-state index contributed by atoms with van der Waals surface area (Å²) in [6.45, 7) is 0.909. The predicted octanol–water partition coefficient (Wildman–Crippen LogP) is 3.09. The molecule has 2 aromatic rings. The second-order valence-corrected chi connectivity index (χ2v) is 6.03. The highest BCUT2D eigenvalue weighted by Gasteiger charge is 2.09. The first kappa shape index (κ1) is 15.6. The van der Waals surface area contributed by atoms with Crippen LogP contribution in [0.4, 0.5) is 0 Å². The molecule has 0 fully saturated rings. The van der Waals surface area contributed by atoms with E-state index in [1.807, 2.05) is 24.3 Å². The van der Waals surface area contributed by atoms with E-state index in [2.05, 4.69) is 16.6 Å². The molecule has 0 spiro atoms. The Hall–Kier alpha value is -0.810. The number of fused-ring (bicyclic) bond motifs is 1. The molecule has 108 valence electrons. The second-order valence-electron chi connectivity index (χ2n) is 4.69. The summed E-state index contributed by atoms with van der Waals surface area (Å²) >= 11 is 7.94.